The van der Waals surface area contributed by atoms with Gasteiger partial charge in [-0.15, -0.1) is 0 Å². The largest absolute Gasteiger partial charge is 0.465 e. The third kappa shape index (κ3) is 1.00. The molecular weight excluding hydrogens is 156 g/mol. The van der Waals surface area contributed by atoms with Crippen LogP contribution in [-0.2, 0) is 4.74 Å². The van der Waals surface area contributed by atoms with E-state index in [-0.39, 0.29) is 6.79 Å². The minimum absolute atomic E-state index is 0.122. The molecule has 0 bridgehead atoms. The average Bonchev–Trinajstić information content (AvgIpc) is 2.17. The monoisotopic (exact) mass is 162 g/mol. The van der Waals surface area contributed by atoms with Crippen LogP contribution in [0.25, 0.3) is 0 Å². The van der Waals surface area contributed by atoms with E-state index in [4.69, 9.17) is 14.7 Å². The summed E-state index contributed by atoms with van der Waals surface area (Å²) in [6, 6.07) is 3.75. The number of ether oxygens (including phenoxy) is 2. The summed E-state index contributed by atoms with van der Waals surface area (Å²) in [5.74, 6) is 0.635. The maximum atomic E-state index is 8.69. The van der Waals surface area contributed by atoms with Crippen molar-refractivity contribution in [1.82, 2.24) is 4.98 Å². The standard InChI is InChI=1S/C8H6N2O2/c9-3-7-6-1-2-10-4-8(6)12-5-11-7/h1-2,4,7H,5H2. The molecule has 2 heterocycles. The third-order valence-electron chi connectivity index (χ3n) is 1.67. The Kier molecular flexibility index (Phi) is 1.65. The fourth-order valence-corrected chi connectivity index (χ4v) is 1.09. The summed E-state index contributed by atoms with van der Waals surface area (Å²) in [7, 11) is 0. The summed E-state index contributed by atoms with van der Waals surface area (Å²) in [5, 5.41) is 8.69. The minimum Gasteiger partial charge on any atom is -0.465 e. The van der Waals surface area contributed by atoms with Crippen LogP contribution in [0.4, 0.5) is 0 Å². The first-order valence-electron chi connectivity index (χ1n) is 3.50. The molecular formula is C8H6N2O2. The lowest BCUT2D eigenvalue weighted by Crippen LogP contribution is -2.15. The summed E-state index contributed by atoms with van der Waals surface area (Å²) >= 11 is 0. The normalized spacial score (nSPS) is 20.4. The highest BCUT2D eigenvalue weighted by Gasteiger charge is 2.20. The molecule has 2 rings (SSSR count). The Morgan fingerprint density at radius 3 is 3.42 bits per heavy atom. The summed E-state index contributed by atoms with van der Waals surface area (Å²) in [4.78, 5) is 3.88. The number of hydrogen-bond acceptors (Lipinski definition) is 4. The lowest BCUT2D eigenvalue weighted by atomic mass is 10.1. The predicted molar refractivity (Wildman–Crippen MR) is 39.2 cm³/mol. The van der Waals surface area contributed by atoms with Crippen LogP contribution in [0.5, 0.6) is 5.75 Å². The van der Waals surface area contributed by atoms with Gasteiger partial charge in [-0.05, 0) is 6.07 Å². The van der Waals surface area contributed by atoms with E-state index in [9.17, 15) is 0 Å². The van der Waals surface area contributed by atoms with Crippen LogP contribution in [0.15, 0.2) is 18.5 Å². The van der Waals surface area contributed by atoms with Crippen molar-refractivity contribution in [2.24, 2.45) is 0 Å². The molecule has 0 aromatic carbocycles. The number of hydrogen-bond donors (Lipinski definition) is 0. The maximum absolute atomic E-state index is 8.69. The molecule has 0 spiro atoms. The van der Waals surface area contributed by atoms with Crippen molar-refractivity contribution in [3.05, 3.63) is 24.0 Å². The molecule has 1 aromatic heterocycles. The molecule has 0 amide bonds. The van der Waals surface area contributed by atoms with Gasteiger partial charge in [0.05, 0.1) is 12.3 Å². The number of nitriles is 1. The van der Waals surface area contributed by atoms with Gasteiger partial charge in [0.15, 0.2) is 12.9 Å². The van der Waals surface area contributed by atoms with E-state index < -0.39 is 6.10 Å². The molecule has 1 aliphatic rings. The fourth-order valence-electron chi connectivity index (χ4n) is 1.09. The van der Waals surface area contributed by atoms with Gasteiger partial charge in [0.1, 0.15) is 5.75 Å². The van der Waals surface area contributed by atoms with Crippen molar-refractivity contribution < 1.29 is 9.47 Å². The Morgan fingerprint density at radius 2 is 2.58 bits per heavy atom. The Bertz CT molecular complexity index is 332. The molecule has 1 aliphatic heterocycles. The van der Waals surface area contributed by atoms with E-state index >= 15 is 0 Å². The number of pyridine rings is 1. The smallest absolute Gasteiger partial charge is 0.191 e. The molecule has 0 saturated carbocycles. The van der Waals surface area contributed by atoms with Crippen molar-refractivity contribution in [1.29, 1.82) is 5.26 Å². The molecule has 1 aromatic rings. The topological polar surface area (TPSA) is 55.1 Å². The van der Waals surface area contributed by atoms with E-state index in [1.165, 1.54) is 0 Å². The first-order chi connectivity index (χ1) is 5.92. The molecule has 0 saturated heterocycles. The van der Waals surface area contributed by atoms with Crippen molar-refractivity contribution in [3.63, 3.8) is 0 Å². The Balaban J connectivity index is 2.45. The average molecular weight is 162 g/mol. The molecule has 4 heteroatoms. The predicted octanol–water partition coefficient (Wildman–Crippen LogP) is 1.01. The van der Waals surface area contributed by atoms with Crippen LogP contribution < -0.4 is 4.74 Å². The maximum Gasteiger partial charge on any atom is 0.191 e. The minimum atomic E-state index is -0.517. The number of aromatic nitrogens is 1. The zero-order valence-corrected chi connectivity index (χ0v) is 6.23. The molecule has 0 N–H and O–H groups in total. The van der Waals surface area contributed by atoms with Crippen molar-refractivity contribution in [3.8, 4) is 11.8 Å². The van der Waals surface area contributed by atoms with Gasteiger partial charge in [0, 0.05) is 11.8 Å². The molecule has 4 nitrogen and oxygen atoms in total. The first-order valence-corrected chi connectivity index (χ1v) is 3.50. The number of rotatable bonds is 0. The van der Waals surface area contributed by atoms with E-state index in [0.29, 0.717) is 5.75 Å². The van der Waals surface area contributed by atoms with Crippen LogP contribution >= 0.6 is 0 Å². The fraction of sp³-hybridized carbons (Fsp3) is 0.250. The van der Waals surface area contributed by atoms with Crippen molar-refractivity contribution in [2.75, 3.05) is 6.79 Å². The highest BCUT2D eigenvalue weighted by Crippen LogP contribution is 2.29. The quantitative estimate of drug-likeness (QED) is 0.571. The van der Waals surface area contributed by atoms with E-state index in [0.717, 1.165) is 5.56 Å². The molecule has 12 heavy (non-hydrogen) atoms. The summed E-state index contributed by atoms with van der Waals surface area (Å²) in [6.07, 6.45) is 2.68. The van der Waals surface area contributed by atoms with E-state index in [2.05, 4.69) is 4.98 Å². The van der Waals surface area contributed by atoms with Gasteiger partial charge in [-0.25, -0.2) is 0 Å². The molecule has 0 radical (unpaired) electrons. The zero-order chi connectivity index (χ0) is 8.39. The second-order valence-electron chi connectivity index (χ2n) is 2.35. The van der Waals surface area contributed by atoms with Crippen LogP contribution in [0.1, 0.15) is 11.7 Å². The van der Waals surface area contributed by atoms with E-state index in [1.807, 2.05) is 6.07 Å². The number of fused-ring (bicyclic) bond motifs is 1. The van der Waals surface area contributed by atoms with Gasteiger partial charge < -0.3 is 9.47 Å². The van der Waals surface area contributed by atoms with Crippen LogP contribution in [0.2, 0.25) is 0 Å². The lowest BCUT2D eigenvalue weighted by molar-refractivity contribution is -0.0359. The van der Waals surface area contributed by atoms with Crippen LogP contribution in [-0.4, -0.2) is 11.8 Å². The van der Waals surface area contributed by atoms with Gasteiger partial charge in [-0.3, -0.25) is 4.98 Å². The number of nitrogens with zero attached hydrogens (tertiary/aromatic N) is 2. The SMILES string of the molecule is N#CC1OCOc2cnccc21. The summed E-state index contributed by atoms with van der Waals surface area (Å²) < 4.78 is 10.2. The molecule has 60 valence electrons. The highest BCUT2D eigenvalue weighted by molar-refractivity contribution is 5.35. The second-order valence-corrected chi connectivity index (χ2v) is 2.35. The summed E-state index contributed by atoms with van der Waals surface area (Å²) in [5.41, 5.74) is 0.749. The molecule has 1 atom stereocenters. The van der Waals surface area contributed by atoms with Gasteiger partial charge >= 0.3 is 0 Å². The Hall–Kier alpha value is -1.60. The second kappa shape index (κ2) is 2.80. The molecule has 0 aliphatic carbocycles. The van der Waals surface area contributed by atoms with E-state index in [1.54, 1.807) is 18.5 Å². The van der Waals surface area contributed by atoms with Gasteiger partial charge in [-0.1, -0.05) is 0 Å². The Morgan fingerprint density at radius 1 is 1.67 bits per heavy atom. The van der Waals surface area contributed by atoms with Crippen molar-refractivity contribution in [2.45, 2.75) is 6.10 Å². The van der Waals surface area contributed by atoms with Gasteiger partial charge in [0.2, 0.25) is 0 Å². The van der Waals surface area contributed by atoms with Crippen molar-refractivity contribution >= 4 is 0 Å². The van der Waals surface area contributed by atoms with Crippen LogP contribution in [0, 0.1) is 11.3 Å². The first kappa shape index (κ1) is 7.07. The van der Waals surface area contributed by atoms with Crippen LogP contribution in [0.3, 0.4) is 0 Å². The summed E-state index contributed by atoms with van der Waals surface area (Å²) in [6.45, 7) is 0.122. The molecule has 0 fully saturated rings. The lowest BCUT2D eigenvalue weighted by Gasteiger charge is -2.20. The molecule has 1 unspecified atom stereocenters. The Labute approximate surface area is 69.4 Å². The van der Waals surface area contributed by atoms with Gasteiger partial charge in [0.25, 0.3) is 0 Å². The van der Waals surface area contributed by atoms with Gasteiger partial charge in [-0.2, -0.15) is 5.26 Å². The zero-order valence-electron chi connectivity index (χ0n) is 6.23. The highest BCUT2D eigenvalue weighted by atomic mass is 16.7. The third-order valence-corrected chi connectivity index (χ3v) is 1.67.